The summed E-state index contributed by atoms with van der Waals surface area (Å²) in [4.78, 5) is 24.6. The zero-order chi connectivity index (χ0) is 20.5. The summed E-state index contributed by atoms with van der Waals surface area (Å²) < 4.78 is 52.7. The molecule has 0 saturated carbocycles. The number of halogens is 4. The summed E-state index contributed by atoms with van der Waals surface area (Å²) in [5.74, 6) is -1.33. The molecule has 9 heteroatoms. The molecule has 5 nitrogen and oxygen atoms in total. The number of para-hydroxylation sites is 1. The van der Waals surface area contributed by atoms with Gasteiger partial charge in [-0.05, 0) is 36.8 Å². The van der Waals surface area contributed by atoms with Crippen LogP contribution in [0.1, 0.15) is 24.1 Å². The Labute approximate surface area is 157 Å². The number of nitrogens with one attached hydrogen (secondary N) is 3. The normalized spacial score (nSPS) is 17.0. The van der Waals surface area contributed by atoms with Crippen LogP contribution in [-0.2, 0) is 11.0 Å². The molecule has 1 aliphatic heterocycles. The lowest BCUT2D eigenvalue weighted by Crippen LogP contribution is -2.46. The molecule has 0 aliphatic carbocycles. The fourth-order valence-corrected chi connectivity index (χ4v) is 2.93. The highest BCUT2D eigenvalue weighted by Crippen LogP contribution is 2.35. The molecule has 0 saturated heterocycles. The summed E-state index contributed by atoms with van der Waals surface area (Å²) in [7, 11) is 0. The number of carbonyl (C=O) groups is 2. The summed E-state index contributed by atoms with van der Waals surface area (Å²) in [5, 5.41) is 7.22. The van der Waals surface area contributed by atoms with Gasteiger partial charge in [-0.1, -0.05) is 24.3 Å². The Morgan fingerprint density at radius 3 is 2.36 bits per heavy atom. The predicted molar refractivity (Wildman–Crippen MR) is 93.6 cm³/mol. The minimum atomic E-state index is -4.65. The van der Waals surface area contributed by atoms with E-state index in [2.05, 4.69) is 16.0 Å². The third-order valence-electron chi connectivity index (χ3n) is 4.20. The van der Waals surface area contributed by atoms with Crippen molar-refractivity contribution in [3.63, 3.8) is 0 Å². The van der Waals surface area contributed by atoms with E-state index in [-0.39, 0.29) is 11.3 Å². The van der Waals surface area contributed by atoms with Gasteiger partial charge < -0.3 is 16.0 Å². The summed E-state index contributed by atoms with van der Waals surface area (Å²) in [6, 6.07) is 8.13. The van der Waals surface area contributed by atoms with E-state index in [9.17, 15) is 27.2 Å². The minimum Gasteiger partial charge on any atom is -0.327 e. The van der Waals surface area contributed by atoms with Crippen molar-refractivity contribution in [2.45, 2.75) is 19.1 Å². The van der Waals surface area contributed by atoms with Gasteiger partial charge in [0.15, 0.2) is 0 Å². The van der Waals surface area contributed by atoms with Crippen molar-refractivity contribution in [3.05, 3.63) is 76.7 Å². The third kappa shape index (κ3) is 3.98. The number of amides is 3. The van der Waals surface area contributed by atoms with Crippen LogP contribution in [-0.4, -0.2) is 11.9 Å². The van der Waals surface area contributed by atoms with Crippen molar-refractivity contribution in [1.82, 2.24) is 10.6 Å². The molecule has 146 valence electrons. The van der Waals surface area contributed by atoms with Gasteiger partial charge in [0.25, 0.3) is 5.91 Å². The maximum Gasteiger partial charge on any atom is 0.418 e. The number of hydrogen-bond acceptors (Lipinski definition) is 2. The molecule has 1 atom stereocenters. The standard InChI is InChI=1S/C19H15F4N3O2/c1-10-15(16(26-18(28)24-10)11-6-8-12(20)9-7-11)17(27)25-14-5-3-2-4-13(14)19(21,22)23/h2-9,16H,1H3,(H,25,27)(H2,24,26,28). The molecule has 1 unspecified atom stereocenters. The summed E-state index contributed by atoms with van der Waals surface area (Å²) in [5.41, 5.74) is -0.795. The molecule has 1 heterocycles. The molecule has 3 amide bonds. The van der Waals surface area contributed by atoms with Gasteiger partial charge in [0.2, 0.25) is 0 Å². The van der Waals surface area contributed by atoms with Crippen molar-refractivity contribution in [1.29, 1.82) is 0 Å². The van der Waals surface area contributed by atoms with Gasteiger partial charge >= 0.3 is 12.2 Å². The molecular weight excluding hydrogens is 378 g/mol. The van der Waals surface area contributed by atoms with Crippen molar-refractivity contribution in [2.75, 3.05) is 5.32 Å². The number of alkyl halides is 3. The van der Waals surface area contributed by atoms with Crippen molar-refractivity contribution >= 4 is 17.6 Å². The van der Waals surface area contributed by atoms with Gasteiger partial charge in [-0.2, -0.15) is 13.2 Å². The van der Waals surface area contributed by atoms with Crippen molar-refractivity contribution in [2.24, 2.45) is 0 Å². The molecule has 0 spiro atoms. The monoisotopic (exact) mass is 393 g/mol. The number of benzene rings is 2. The van der Waals surface area contributed by atoms with Gasteiger partial charge in [0.1, 0.15) is 5.82 Å². The Morgan fingerprint density at radius 1 is 1.07 bits per heavy atom. The molecule has 0 bridgehead atoms. The molecule has 2 aromatic rings. The van der Waals surface area contributed by atoms with E-state index in [4.69, 9.17) is 0 Å². The highest BCUT2D eigenvalue weighted by atomic mass is 19.4. The average Bonchev–Trinajstić information content (AvgIpc) is 2.61. The van der Waals surface area contributed by atoms with Crippen LogP contribution < -0.4 is 16.0 Å². The second kappa shape index (κ2) is 7.34. The quantitative estimate of drug-likeness (QED) is 0.687. The Bertz CT molecular complexity index is 952. The fourth-order valence-electron chi connectivity index (χ4n) is 2.93. The van der Waals surface area contributed by atoms with Gasteiger partial charge in [0.05, 0.1) is 22.9 Å². The topological polar surface area (TPSA) is 70.2 Å². The Morgan fingerprint density at radius 2 is 1.71 bits per heavy atom. The fraction of sp³-hybridized carbons (Fsp3) is 0.158. The first kappa shape index (κ1) is 19.4. The molecule has 3 N–H and O–H groups in total. The van der Waals surface area contributed by atoms with E-state index in [1.165, 1.54) is 31.2 Å². The maximum absolute atomic E-state index is 13.2. The van der Waals surface area contributed by atoms with Crippen molar-refractivity contribution in [3.8, 4) is 0 Å². The number of allylic oxidation sites excluding steroid dienone is 1. The van der Waals surface area contributed by atoms with Crippen molar-refractivity contribution < 1.29 is 27.2 Å². The van der Waals surface area contributed by atoms with E-state index in [1.54, 1.807) is 0 Å². The van der Waals surface area contributed by atoms with Gasteiger partial charge in [-0.25, -0.2) is 9.18 Å². The first-order valence-electron chi connectivity index (χ1n) is 8.18. The number of anilines is 1. The number of carbonyl (C=O) groups excluding carboxylic acids is 2. The maximum atomic E-state index is 13.2. The van der Waals surface area contributed by atoms with Crippen LogP contribution in [0.25, 0.3) is 0 Å². The minimum absolute atomic E-state index is 0.0168. The molecule has 3 rings (SSSR count). The van der Waals surface area contributed by atoms with Gasteiger partial charge in [-0.15, -0.1) is 0 Å². The van der Waals surface area contributed by atoms with Crippen LogP contribution in [0.5, 0.6) is 0 Å². The third-order valence-corrected chi connectivity index (χ3v) is 4.20. The van der Waals surface area contributed by atoms with Gasteiger partial charge in [-0.3, -0.25) is 4.79 Å². The second-order valence-corrected chi connectivity index (χ2v) is 6.12. The molecule has 2 aromatic carbocycles. The van der Waals surface area contributed by atoms with E-state index in [0.717, 1.165) is 24.3 Å². The lowest BCUT2D eigenvalue weighted by molar-refractivity contribution is -0.137. The molecule has 28 heavy (non-hydrogen) atoms. The molecule has 1 aliphatic rings. The number of rotatable bonds is 3. The summed E-state index contributed by atoms with van der Waals surface area (Å²) >= 11 is 0. The molecule has 0 fully saturated rings. The summed E-state index contributed by atoms with van der Waals surface area (Å²) in [6.07, 6.45) is -4.65. The van der Waals surface area contributed by atoms with Crippen LogP contribution in [0.15, 0.2) is 59.8 Å². The van der Waals surface area contributed by atoms with Crippen LogP contribution >= 0.6 is 0 Å². The zero-order valence-electron chi connectivity index (χ0n) is 14.5. The lowest BCUT2D eigenvalue weighted by Gasteiger charge is -2.29. The van der Waals surface area contributed by atoms with Crippen LogP contribution in [0.4, 0.5) is 28.0 Å². The second-order valence-electron chi connectivity index (χ2n) is 6.12. The largest absolute Gasteiger partial charge is 0.418 e. The first-order valence-corrected chi connectivity index (χ1v) is 8.18. The zero-order valence-corrected chi connectivity index (χ0v) is 14.5. The highest BCUT2D eigenvalue weighted by molar-refractivity contribution is 6.07. The average molecular weight is 393 g/mol. The smallest absolute Gasteiger partial charge is 0.327 e. The highest BCUT2D eigenvalue weighted by Gasteiger charge is 2.35. The molecule has 0 radical (unpaired) electrons. The van der Waals surface area contributed by atoms with E-state index in [1.807, 2.05) is 0 Å². The van der Waals surface area contributed by atoms with Gasteiger partial charge in [0, 0.05) is 5.70 Å². The van der Waals surface area contributed by atoms with E-state index >= 15 is 0 Å². The SMILES string of the molecule is CC1=C(C(=O)Nc2ccccc2C(F)(F)F)C(c2ccc(F)cc2)NC(=O)N1. The molecular formula is C19H15F4N3O2. The Balaban J connectivity index is 1.98. The lowest BCUT2D eigenvalue weighted by atomic mass is 9.94. The molecule has 0 aromatic heterocycles. The van der Waals surface area contributed by atoms with E-state index < -0.39 is 41.2 Å². The van der Waals surface area contributed by atoms with Crippen LogP contribution in [0.2, 0.25) is 0 Å². The first-order chi connectivity index (χ1) is 13.2. The number of hydrogen-bond donors (Lipinski definition) is 3. The Kier molecular flexibility index (Phi) is 5.08. The van der Waals surface area contributed by atoms with Crippen LogP contribution in [0.3, 0.4) is 0 Å². The Hall–Kier alpha value is -3.36. The van der Waals surface area contributed by atoms with E-state index in [0.29, 0.717) is 5.56 Å². The van der Waals surface area contributed by atoms with Crippen LogP contribution in [0, 0.1) is 5.82 Å². The number of urea groups is 1. The predicted octanol–water partition coefficient (Wildman–Crippen LogP) is 4.11. The summed E-state index contributed by atoms with van der Waals surface area (Å²) in [6.45, 7) is 1.46.